The maximum absolute atomic E-state index is 13.4. The molecule has 0 radical (unpaired) electrons. The van der Waals surface area contributed by atoms with Crippen molar-refractivity contribution in [3.63, 3.8) is 0 Å². The van der Waals surface area contributed by atoms with Crippen LogP contribution >= 0.6 is 0 Å². The molecule has 0 saturated carbocycles. The predicted octanol–water partition coefficient (Wildman–Crippen LogP) is 3.58. The molecule has 0 aliphatic carbocycles. The van der Waals surface area contributed by atoms with E-state index in [0.29, 0.717) is 16.9 Å². The molecule has 3 nitrogen and oxygen atoms in total. The molecule has 110 valence electrons. The largest absolute Gasteiger partial charge is 0.497 e. The van der Waals surface area contributed by atoms with Gasteiger partial charge in [0.1, 0.15) is 17.4 Å². The van der Waals surface area contributed by atoms with Crippen molar-refractivity contribution in [2.24, 2.45) is 0 Å². The first kappa shape index (κ1) is 15.0. The summed E-state index contributed by atoms with van der Waals surface area (Å²) in [5.74, 6) is -2.50. The molecule has 0 spiro atoms. The molecule has 0 heterocycles. The second-order valence-corrected chi connectivity index (χ2v) is 4.63. The molecule has 0 bridgehead atoms. The van der Waals surface area contributed by atoms with Gasteiger partial charge >= 0.3 is 5.97 Å². The molecule has 2 aromatic rings. The van der Waals surface area contributed by atoms with Crippen LogP contribution in [0.4, 0.5) is 8.78 Å². The number of hydrogen-bond acceptors (Lipinski definition) is 2. The molecule has 0 aliphatic heterocycles. The molecular formula is C16H14F2O3. The fourth-order valence-corrected chi connectivity index (χ4v) is 2.22. The lowest BCUT2D eigenvalue weighted by atomic mass is 9.88. The summed E-state index contributed by atoms with van der Waals surface area (Å²) < 4.78 is 31.7. The van der Waals surface area contributed by atoms with Crippen LogP contribution < -0.4 is 4.74 Å². The summed E-state index contributed by atoms with van der Waals surface area (Å²) in [6.45, 7) is 0. The van der Waals surface area contributed by atoms with E-state index in [-0.39, 0.29) is 6.42 Å². The number of carbonyl (C=O) groups is 1. The summed E-state index contributed by atoms with van der Waals surface area (Å²) in [6.07, 6.45) is -0.255. The van der Waals surface area contributed by atoms with Crippen LogP contribution in [0.1, 0.15) is 23.5 Å². The van der Waals surface area contributed by atoms with Gasteiger partial charge in [-0.05, 0) is 35.4 Å². The van der Waals surface area contributed by atoms with Crippen LogP contribution in [0.25, 0.3) is 0 Å². The van der Waals surface area contributed by atoms with Crippen LogP contribution in [0, 0.1) is 11.6 Å². The maximum Gasteiger partial charge on any atom is 0.304 e. The fourth-order valence-electron chi connectivity index (χ4n) is 2.22. The van der Waals surface area contributed by atoms with Crippen molar-refractivity contribution < 1.29 is 23.4 Å². The SMILES string of the molecule is COc1ccc([C@@H](CC(=O)O)c2cc(F)cc(F)c2)cc1. The summed E-state index contributed by atoms with van der Waals surface area (Å²) in [5, 5.41) is 9.03. The van der Waals surface area contributed by atoms with Crippen LogP contribution in [-0.4, -0.2) is 18.2 Å². The lowest BCUT2D eigenvalue weighted by Gasteiger charge is -2.16. The predicted molar refractivity (Wildman–Crippen MR) is 73.4 cm³/mol. The van der Waals surface area contributed by atoms with E-state index in [4.69, 9.17) is 9.84 Å². The third-order valence-corrected chi connectivity index (χ3v) is 3.18. The molecule has 0 fully saturated rings. The zero-order valence-electron chi connectivity index (χ0n) is 11.3. The van der Waals surface area contributed by atoms with E-state index in [1.165, 1.54) is 7.11 Å². The van der Waals surface area contributed by atoms with Gasteiger partial charge in [0.05, 0.1) is 13.5 Å². The Balaban J connectivity index is 2.43. The standard InChI is InChI=1S/C16H14F2O3/c1-21-14-4-2-10(3-5-14)15(9-16(19)20)11-6-12(17)8-13(18)7-11/h2-8,15H,9H2,1H3,(H,19,20)/t15-/m1/s1. The molecule has 0 saturated heterocycles. The van der Waals surface area contributed by atoms with Gasteiger partial charge in [0, 0.05) is 12.0 Å². The normalized spacial score (nSPS) is 12.0. The number of methoxy groups -OCH3 is 1. The highest BCUT2D eigenvalue weighted by Gasteiger charge is 2.19. The lowest BCUT2D eigenvalue weighted by Crippen LogP contribution is -2.08. The zero-order chi connectivity index (χ0) is 15.4. The molecule has 5 heteroatoms. The Labute approximate surface area is 120 Å². The van der Waals surface area contributed by atoms with Crippen LogP contribution in [0.2, 0.25) is 0 Å². The van der Waals surface area contributed by atoms with Crippen molar-refractivity contribution in [1.29, 1.82) is 0 Å². The van der Waals surface area contributed by atoms with Gasteiger partial charge in [-0.1, -0.05) is 12.1 Å². The lowest BCUT2D eigenvalue weighted by molar-refractivity contribution is -0.137. The molecule has 2 aromatic carbocycles. The second kappa shape index (κ2) is 6.35. The molecular weight excluding hydrogens is 278 g/mol. The first-order valence-electron chi connectivity index (χ1n) is 6.31. The van der Waals surface area contributed by atoms with Gasteiger partial charge in [-0.25, -0.2) is 8.78 Å². The van der Waals surface area contributed by atoms with Crippen molar-refractivity contribution >= 4 is 5.97 Å². The zero-order valence-corrected chi connectivity index (χ0v) is 11.3. The van der Waals surface area contributed by atoms with Gasteiger partial charge in [0.25, 0.3) is 0 Å². The Kier molecular flexibility index (Phi) is 4.52. The van der Waals surface area contributed by atoms with Gasteiger partial charge in [-0.15, -0.1) is 0 Å². The number of carboxylic acids is 1. The van der Waals surface area contributed by atoms with E-state index in [9.17, 15) is 13.6 Å². The number of rotatable bonds is 5. The summed E-state index contributed by atoms with van der Waals surface area (Å²) in [4.78, 5) is 11.0. The van der Waals surface area contributed by atoms with Crippen molar-refractivity contribution in [3.8, 4) is 5.75 Å². The third-order valence-electron chi connectivity index (χ3n) is 3.18. The van der Waals surface area contributed by atoms with E-state index >= 15 is 0 Å². The van der Waals surface area contributed by atoms with Crippen LogP contribution in [0.3, 0.4) is 0 Å². The molecule has 21 heavy (non-hydrogen) atoms. The maximum atomic E-state index is 13.4. The summed E-state index contributed by atoms with van der Waals surface area (Å²) in [5.41, 5.74) is 0.947. The van der Waals surface area contributed by atoms with Crippen molar-refractivity contribution in [1.82, 2.24) is 0 Å². The highest BCUT2D eigenvalue weighted by atomic mass is 19.1. The first-order valence-corrected chi connectivity index (χ1v) is 6.31. The monoisotopic (exact) mass is 292 g/mol. The Morgan fingerprint density at radius 1 is 1.10 bits per heavy atom. The average Bonchev–Trinajstić information content (AvgIpc) is 2.43. The minimum atomic E-state index is -1.04. The van der Waals surface area contributed by atoms with Crippen LogP contribution in [0.15, 0.2) is 42.5 Å². The van der Waals surface area contributed by atoms with Crippen molar-refractivity contribution in [2.45, 2.75) is 12.3 Å². The molecule has 2 rings (SSSR count). The summed E-state index contributed by atoms with van der Waals surface area (Å²) >= 11 is 0. The van der Waals surface area contributed by atoms with Gasteiger partial charge in [-0.2, -0.15) is 0 Å². The number of halogens is 2. The van der Waals surface area contributed by atoms with Gasteiger partial charge in [0.15, 0.2) is 0 Å². The Morgan fingerprint density at radius 3 is 2.14 bits per heavy atom. The number of ether oxygens (including phenoxy) is 1. The molecule has 0 unspecified atom stereocenters. The topological polar surface area (TPSA) is 46.5 Å². The second-order valence-electron chi connectivity index (χ2n) is 4.63. The Morgan fingerprint density at radius 2 is 1.67 bits per heavy atom. The van der Waals surface area contributed by atoms with E-state index in [2.05, 4.69) is 0 Å². The average molecular weight is 292 g/mol. The Bertz CT molecular complexity index is 618. The molecule has 0 amide bonds. The van der Waals surface area contributed by atoms with Crippen molar-refractivity contribution in [2.75, 3.05) is 7.11 Å². The first-order chi connectivity index (χ1) is 9.99. The molecule has 1 N–H and O–H groups in total. The van der Waals surface area contributed by atoms with Gasteiger partial charge in [0.2, 0.25) is 0 Å². The molecule has 0 aromatic heterocycles. The number of aliphatic carboxylic acids is 1. The van der Waals surface area contributed by atoms with Gasteiger partial charge < -0.3 is 9.84 Å². The van der Waals surface area contributed by atoms with E-state index in [1.54, 1.807) is 24.3 Å². The highest BCUT2D eigenvalue weighted by Crippen LogP contribution is 2.30. The Hall–Kier alpha value is -2.43. The minimum absolute atomic E-state index is 0.255. The van der Waals surface area contributed by atoms with Crippen LogP contribution in [-0.2, 0) is 4.79 Å². The quantitative estimate of drug-likeness (QED) is 0.916. The smallest absolute Gasteiger partial charge is 0.304 e. The minimum Gasteiger partial charge on any atom is -0.497 e. The number of benzene rings is 2. The number of carboxylic acid groups (broad SMARTS) is 1. The highest BCUT2D eigenvalue weighted by molar-refractivity contribution is 5.69. The van der Waals surface area contributed by atoms with E-state index < -0.39 is 23.5 Å². The summed E-state index contributed by atoms with van der Waals surface area (Å²) in [7, 11) is 1.52. The molecule has 1 atom stereocenters. The van der Waals surface area contributed by atoms with Crippen molar-refractivity contribution in [3.05, 3.63) is 65.2 Å². The van der Waals surface area contributed by atoms with Crippen LogP contribution in [0.5, 0.6) is 5.75 Å². The number of hydrogen-bond donors (Lipinski definition) is 1. The van der Waals surface area contributed by atoms with Gasteiger partial charge in [-0.3, -0.25) is 4.79 Å². The molecule has 0 aliphatic rings. The summed E-state index contributed by atoms with van der Waals surface area (Å²) in [6, 6.07) is 9.81. The van der Waals surface area contributed by atoms with E-state index in [1.807, 2.05) is 0 Å². The fraction of sp³-hybridized carbons (Fsp3) is 0.188. The third kappa shape index (κ3) is 3.78. The van der Waals surface area contributed by atoms with E-state index in [0.717, 1.165) is 18.2 Å².